The van der Waals surface area contributed by atoms with Crippen LogP contribution in [0.25, 0.3) is 0 Å². The summed E-state index contributed by atoms with van der Waals surface area (Å²) in [6, 6.07) is 7.13. The lowest BCUT2D eigenvalue weighted by Crippen LogP contribution is -2.42. The topological polar surface area (TPSA) is 66.4 Å². The van der Waals surface area contributed by atoms with E-state index in [1.807, 2.05) is 38.1 Å². The Morgan fingerprint density at radius 3 is 2.71 bits per heavy atom. The zero-order valence-corrected chi connectivity index (χ0v) is 13.8. The van der Waals surface area contributed by atoms with Gasteiger partial charge in [-0.2, -0.15) is 0 Å². The van der Waals surface area contributed by atoms with E-state index >= 15 is 0 Å². The van der Waals surface area contributed by atoms with Gasteiger partial charge in [0.25, 0.3) is 0 Å². The van der Waals surface area contributed by atoms with Gasteiger partial charge in [0.15, 0.2) is 0 Å². The van der Waals surface area contributed by atoms with Crippen LogP contribution >= 0.6 is 15.9 Å². The molecule has 0 bridgehead atoms. The van der Waals surface area contributed by atoms with Gasteiger partial charge in [-0.1, -0.05) is 41.9 Å². The second-order valence-corrected chi connectivity index (χ2v) is 6.95. The van der Waals surface area contributed by atoms with E-state index in [0.717, 1.165) is 16.5 Å². The molecule has 1 aromatic carbocycles. The molecule has 0 saturated heterocycles. The number of benzene rings is 1. The van der Waals surface area contributed by atoms with Crippen molar-refractivity contribution in [2.75, 3.05) is 0 Å². The summed E-state index contributed by atoms with van der Waals surface area (Å²) < 4.78 is 0.995. The third-order valence-electron chi connectivity index (χ3n) is 3.73. The fraction of sp³-hybridized carbons (Fsp3) is 0.500. The molecule has 4 nitrogen and oxygen atoms in total. The summed E-state index contributed by atoms with van der Waals surface area (Å²) in [4.78, 5) is 23.4. The van der Waals surface area contributed by atoms with Crippen LogP contribution in [0, 0.1) is 11.8 Å². The van der Waals surface area contributed by atoms with Crippen molar-refractivity contribution in [2.24, 2.45) is 11.8 Å². The summed E-state index contributed by atoms with van der Waals surface area (Å²) >= 11 is 3.42. The molecule has 0 aliphatic heterocycles. The monoisotopic (exact) mass is 353 g/mol. The number of carboxylic acid groups (broad SMARTS) is 1. The van der Waals surface area contributed by atoms with Crippen LogP contribution in [0.1, 0.15) is 38.2 Å². The van der Waals surface area contributed by atoms with E-state index < -0.39 is 12.0 Å². The molecule has 2 rings (SSSR count). The SMILES string of the molecule is CC(C)C[C@@H](NC(=O)C1CC1c1cccc(Br)c1)C(=O)O. The molecule has 1 saturated carbocycles. The largest absolute Gasteiger partial charge is 0.480 e. The molecule has 5 heteroatoms. The highest BCUT2D eigenvalue weighted by Crippen LogP contribution is 2.48. The Hall–Kier alpha value is -1.36. The van der Waals surface area contributed by atoms with Gasteiger partial charge >= 0.3 is 5.97 Å². The predicted molar refractivity (Wildman–Crippen MR) is 84.0 cm³/mol. The standard InChI is InChI=1S/C16H20BrNO3/c1-9(2)6-14(16(20)21)18-15(19)13-8-12(13)10-4-3-5-11(17)7-10/h3-5,7,9,12-14H,6,8H2,1-2H3,(H,18,19)(H,20,21)/t12?,13?,14-/m1/s1. The zero-order valence-electron chi connectivity index (χ0n) is 12.2. The summed E-state index contributed by atoms with van der Waals surface area (Å²) in [5.74, 6) is -0.777. The van der Waals surface area contributed by atoms with Gasteiger partial charge in [0.1, 0.15) is 6.04 Å². The number of hydrogen-bond acceptors (Lipinski definition) is 2. The molecule has 1 aliphatic rings. The first-order valence-electron chi connectivity index (χ1n) is 7.17. The molecule has 1 aliphatic carbocycles. The second-order valence-electron chi connectivity index (χ2n) is 6.03. The van der Waals surface area contributed by atoms with Crippen LogP contribution in [-0.4, -0.2) is 23.0 Å². The molecule has 0 spiro atoms. The van der Waals surface area contributed by atoms with Crippen molar-refractivity contribution in [2.45, 2.75) is 38.6 Å². The van der Waals surface area contributed by atoms with Crippen LogP contribution in [0.3, 0.4) is 0 Å². The Morgan fingerprint density at radius 1 is 1.43 bits per heavy atom. The highest BCUT2D eigenvalue weighted by molar-refractivity contribution is 9.10. The Kier molecular flexibility index (Phi) is 5.04. The van der Waals surface area contributed by atoms with Crippen LogP contribution < -0.4 is 5.32 Å². The van der Waals surface area contributed by atoms with E-state index in [-0.39, 0.29) is 23.7 Å². The third kappa shape index (κ3) is 4.30. The van der Waals surface area contributed by atoms with Crippen molar-refractivity contribution in [1.29, 1.82) is 0 Å². The van der Waals surface area contributed by atoms with E-state index in [1.165, 1.54) is 0 Å². The van der Waals surface area contributed by atoms with E-state index in [0.29, 0.717) is 6.42 Å². The van der Waals surface area contributed by atoms with Gasteiger partial charge in [-0.15, -0.1) is 0 Å². The van der Waals surface area contributed by atoms with Gasteiger partial charge in [-0.25, -0.2) is 4.79 Å². The van der Waals surface area contributed by atoms with Crippen molar-refractivity contribution < 1.29 is 14.7 Å². The van der Waals surface area contributed by atoms with Crippen LogP contribution in [0.15, 0.2) is 28.7 Å². The molecule has 1 aromatic rings. The average Bonchev–Trinajstić information content (AvgIpc) is 3.17. The normalized spacial score (nSPS) is 21.9. The summed E-state index contributed by atoms with van der Waals surface area (Å²) in [7, 11) is 0. The summed E-state index contributed by atoms with van der Waals surface area (Å²) in [6.45, 7) is 3.90. The minimum Gasteiger partial charge on any atom is -0.480 e. The first-order chi connectivity index (χ1) is 9.88. The number of carbonyl (C=O) groups excluding carboxylic acids is 1. The van der Waals surface area contributed by atoms with E-state index in [1.54, 1.807) is 0 Å². The number of amides is 1. The summed E-state index contributed by atoms with van der Waals surface area (Å²) in [5.41, 5.74) is 1.13. The molecule has 1 amide bonds. The highest BCUT2D eigenvalue weighted by atomic mass is 79.9. The lowest BCUT2D eigenvalue weighted by atomic mass is 10.0. The molecular formula is C16H20BrNO3. The molecule has 0 heterocycles. The fourth-order valence-corrected chi connectivity index (χ4v) is 2.98. The van der Waals surface area contributed by atoms with Gasteiger partial charge in [-0.05, 0) is 42.4 Å². The maximum atomic E-state index is 12.2. The first kappa shape index (κ1) is 16.0. The number of rotatable bonds is 6. The van der Waals surface area contributed by atoms with Crippen LogP contribution in [0.5, 0.6) is 0 Å². The molecule has 3 atom stereocenters. The number of aliphatic carboxylic acids is 1. The smallest absolute Gasteiger partial charge is 0.326 e. The summed E-state index contributed by atoms with van der Waals surface area (Å²) in [5, 5.41) is 11.8. The van der Waals surface area contributed by atoms with Crippen molar-refractivity contribution in [3.8, 4) is 0 Å². The Labute approximate surface area is 133 Å². The number of hydrogen-bond donors (Lipinski definition) is 2. The molecule has 0 aromatic heterocycles. The average molecular weight is 354 g/mol. The predicted octanol–water partition coefficient (Wildman–Crippen LogP) is 3.17. The second kappa shape index (κ2) is 6.60. The molecule has 1 fully saturated rings. The fourth-order valence-electron chi connectivity index (χ4n) is 2.56. The third-order valence-corrected chi connectivity index (χ3v) is 4.22. The van der Waals surface area contributed by atoms with Crippen LogP contribution in [0.2, 0.25) is 0 Å². The van der Waals surface area contributed by atoms with E-state index in [4.69, 9.17) is 0 Å². The van der Waals surface area contributed by atoms with Gasteiger partial charge in [0, 0.05) is 10.4 Å². The maximum absolute atomic E-state index is 12.2. The van der Waals surface area contributed by atoms with Crippen LogP contribution in [0.4, 0.5) is 0 Å². The number of carboxylic acids is 1. The molecular weight excluding hydrogens is 334 g/mol. The molecule has 2 unspecified atom stereocenters. The van der Waals surface area contributed by atoms with Crippen molar-refractivity contribution in [3.05, 3.63) is 34.3 Å². The number of nitrogens with one attached hydrogen (secondary N) is 1. The molecule has 21 heavy (non-hydrogen) atoms. The Balaban J connectivity index is 1.94. The van der Waals surface area contributed by atoms with Crippen molar-refractivity contribution in [1.82, 2.24) is 5.32 Å². The van der Waals surface area contributed by atoms with Crippen molar-refractivity contribution in [3.63, 3.8) is 0 Å². The zero-order chi connectivity index (χ0) is 15.6. The lowest BCUT2D eigenvalue weighted by Gasteiger charge is -2.16. The lowest BCUT2D eigenvalue weighted by molar-refractivity contribution is -0.142. The Bertz CT molecular complexity index is 544. The number of halogens is 1. The highest BCUT2D eigenvalue weighted by Gasteiger charge is 2.44. The van der Waals surface area contributed by atoms with E-state index in [9.17, 15) is 14.7 Å². The van der Waals surface area contributed by atoms with Gasteiger partial charge in [0.2, 0.25) is 5.91 Å². The minimum absolute atomic E-state index is 0.103. The van der Waals surface area contributed by atoms with Crippen LogP contribution in [-0.2, 0) is 9.59 Å². The molecule has 114 valence electrons. The van der Waals surface area contributed by atoms with Gasteiger partial charge in [0.05, 0.1) is 0 Å². The maximum Gasteiger partial charge on any atom is 0.326 e. The van der Waals surface area contributed by atoms with Gasteiger partial charge < -0.3 is 10.4 Å². The first-order valence-corrected chi connectivity index (χ1v) is 7.96. The quantitative estimate of drug-likeness (QED) is 0.825. The van der Waals surface area contributed by atoms with Crippen molar-refractivity contribution >= 4 is 27.8 Å². The molecule has 0 radical (unpaired) electrons. The minimum atomic E-state index is -0.961. The van der Waals surface area contributed by atoms with Gasteiger partial charge in [-0.3, -0.25) is 4.79 Å². The Morgan fingerprint density at radius 2 is 2.14 bits per heavy atom. The number of carbonyl (C=O) groups is 2. The molecule has 2 N–H and O–H groups in total. The van der Waals surface area contributed by atoms with E-state index in [2.05, 4.69) is 21.2 Å². The summed E-state index contributed by atoms with van der Waals surface area (Å²) in [6.07, 6.45) is 1.24.